The van der Waals surface area contributed by atoms with Crippen LogP contribution in [0.4, 0.5) is 17.6 Å². The molecule has 3 nitrogen and oxygen atoms in total. The predicted octanol–water partition coefficient (Wildman–Crippen LogP) is 3.53. The van der Waals surface area contributed by atoms with Crippen LogP contribution >= 0.6 is 0 Å². The quantitative estimate of drug-likeness (QED) is 0.817. The molecule has 1 aromatic carbocycles. The zero-order chi connectivity index (χ0) is 16.2. The second kappa shape index (κ2) is 6.89. The maximum atomic E-state index is 13.2. The first kappa shape index (κ1) is 17.4. The molecule has 0 bridgehead atoms. The Hall–Kier alpha value is -1.63. The molecule has 1 unspecified atom stereocenters. The Morgan fingerprint density at radius 1 is 1.38 bits per heavy atom. The molecule has 1 N–H and O–H groups in total. The van der Waals surface area contributed by atoms with E-state index in [1.165, 1.54) is 6.07 Å². The number of hydrogen-bond acceptors (Lipinski definition) is 2. The zero-order valence-electron chi connectivity index (χ0n) is 11.7. The summed E-state index contributed by atoms with van der Waals surface area (Å²) < 4.78 is 51.1. The molecule has 0 saturated carbocycles. The number of aliphatic carboxylic acids is 1. The minimum atomic E-state index is -4.75. The largest absolute Gasteiger partial charge is 0.481 e. The molecule has 0 saturated heterocycles. The summed E-state index contributed by atoms with van der Waals surface area (Å²) >= 11 is 0. The van der Waals surface area contributed by atoms with E-state index in [9.17, 15) is 22.4 Å². The van der Waals surface area contributed by atoms with Crippen molar-refractivity contribution in [2.45, 2.75) is 39.0 Å². The van der Waals surface area contributed by atoms with E-state index < -0.39 is 23.5 Å². The van der Waals surface area contributed by atoms with Crippen LogP contribution in [0.5, 0.6) is 0 Å². The van der Waals surface area contributed by atoms with Crippen molar-refractivity contribution in [1.29, 1.82) is 0 Å². The molecule has 0 amide bonds. The number of alkyl halides is 3. The SMILES string of the molecule is CCN(Cc1ccc(F)c(C(F)(F)F)c1)C(C)CC(=O)O. The highest BCUT2D eigenvalue weighted by Gasteiger charge is 2.34. The Kier molecular flexibility index (Phi) is 5.71. The van der Waals surface area contributed by atoms with Crippen LogP contribution in [0.15, 0.2) is 18.2 Å². The molecule has 0 aliphatic carbocycles. The number of rotatable bonds is 6. The van der Waals surface area contributed by atoms with E-state index in [0.29, 0.717) is 12.1 Å². The second-order valence-electron chi connectivity index (χ2n) is 4.82. The molecule has 0 aliphatic heterocycles. The summed E-state index contributed by atoms with van der Waals surface area (Å²) in [6.07, 6.45) is -4.86. The zero-order valence-corrected chi connectivity index (χ0v) is 11.7. The van der Waals surface area contributed by atoms with Crippen molar-refractivity contribution in [3.05, 3.63) is 35.1 Å². The van der Waals surface area contributed by atoms with E-state index in [-0.39, 0.29) is 19.0 Å². The highest BCUT2D eigenvalue weighted by atomic mass is 19.4. The summed E-state index contributed by atoms with van der Waals surface area (Å²) in [6, 6.07) is 2.51. The van der Waals surface area contributed by atoms with E-state index in [1.54, 1.807) is 18.7 Å². The summed E-state index contributed by atoms with van der Waals surface area (Å²) in [4.78, 5) is 12.4. The Bertz CT molecular complexity index is 502. The van der Waals surface area contributed by atoms with Gasteiger partial charge in [0.15, 0.2) is 0 Å². The first-order valence-electron chi connectivity index (χ1n) is 6.46. The standard InChI is InChI=1S/C14H17F4NO2/c1-3-19(9(2)6-13(20)21)8-10-4-5-12(15)11(7-10)14(16,17)18/h4-5,7,9H,3,6,8H2,1-2H3,(H,20,21). The summed E-state index contributed by atoms with van der Waals surface area (Å²) in [5, 5.41) is 8.76. The van der Waals surface area contributed by atoms with Crippen LogP contribution < -0.4 is 0 Å². The van der Waals surface area contributed by atoms with Gasteiger partial charge in [-0.2, -0.15) is 13.2 Å². The molecule has 0 radical (unpaired) electrons. The Morgan fingerprint density at radius 2 is 2.00 bits per heavy atom. The monoisotopic (exact) mass is 307 g/mol. The van der Waals surface area contributed by atoms with Gasteiger partial charge in [0.2, 0.25) is 0 Å². The van der Waals surface area contributed by atoms with E-state index in [0.717, 1.165) is 12.1 Å². The van der Waals surface area contributed by atoms with Crippen molar-refractivity contribution >= 4 is 5.97 Å². The minimum absolute atomic E-state index is 0.110. The lowest BCUT2D eigenvalue weighted by molar-refractivity contribution is -0.140. The van der Waals surface area contributed by atoms with Crippen LogP contribution in [0.1, 0.15) is 31.4 Å². The highest BCUT2D eigenvalue weighted by molar-refractivity contribution is 5.67. The average Bonchev–Trinajstić information content (AvgIpc) is 2.35. The van der Waals surface area contributed by atoms with E-state index >= 15 is 0 Å². The van der Waals surface area contributed by atoms with Gasteiger partial charge in [0.1, 0.15) is 5.82 Å². The number of carboxylic acids is 1. The molecule has 7 heteroatoms. The van der Waals surface area contributed by atoms with Crippen molar-refractivity contribution in [1.82, 2.24) is 4.90 Å². The van der Waals surface area contributed by atoms with Crippen molar-refractivity contribution in [2.24, 2.45) is 0 Å². The van der Waals surface area contributed by atoms with Crippen LogP contribution in [-0.4, -0.2) is 28.6 Å². The third-order valence-corrected chi connectivity index (χ3v) is 3.22. The molecule has 0 heterocycles. The van der Waals surface area contributed by atoms with Gasteiger partial charge >= 0.3 is 12.1 Å². The number of nitrogens with zero attached hydrogens (tertiary/aromatic N) is 1. The third kappa shape index (κ3) is 5.00. The first-order chi connectivity index (χ1) is 9.65. The van der Waals surface area contributed by atoms with Crippen LogP contribution in [0, 0.1) is 5.82 Å². The van der Waals surface area contributed by atoms with E-state index in [1.807, 2.05) is 0 Å². The van der Waals surface area contributed by atoms with Gasteiger partial charge < -0.3 is 5.11 Å². The molecule has 1 aromatic rings. The molecular formula is C14H17F4NO2. The summed E-state index contributed by atoms with van der Waals surface area (Å²) in [6.45, 7) is 4.08. The maximum Gasteiger partial charge on any atom is 0.419 e. The smallest absolute Gasteiger partial charge is 0.419 e. The molecule has 0 fully saturated rings. The molecule has 1 atom stereocenters. The third-order valence-electron chi connectivity index (χ3n) is 3.22. The topological polar surface area (TPSA) is 40.5 Å². The fraction of sp³-hybridized carbons (Fsp3) is 0.500. The average molecular weight is 307 g/mol. The minimum Gasteiger partial charge on any atom is -0.481 e. The number of carbonyl (C=O) groups is 1. The van der Waals surface area contributed by atoms with Gasteiger partial charge in [0.05, 0.1) is 12.0 Å². The molecule has 0 spiro atoms. The Labute approximate surface area is 120 Å². The van der Waals surface area contributed by atoms with Crippen LogP contribution in [0.2, 0.25) is 0 Å². The Morgan fingerprint density at radius 3 is 2.48 bits per heavy atom. The lowest BCUT2D eigenvalue weighted by Gasteiger charge is -2.27. The summed E-state index contributed by atoms with van der Waals surface area (Å²) in [5.41, 5.74) is -1.01. The maximum absolute atomic E-state index is 13.2. The normalized spacial score (nSPS) is 13.5. The highest BCUT2D eigenvalue weighted by Crippen LogP contribution is 2.32. The fourth-order valence-electron chi connectivity index (χ4n) is 2.08. The van der Waals surface area contributed by atoms with Crippen molar-refractivity contribution in [2.75, 3.05) is 6.54 Å². The van der Waals surface area contributed by atoms with Gasteiger partial charge in [0.25, 0.3) is 0 Å². The number of halogens is 4. The van der Waals surface area contributed by atoms with Crippen molar-refractivity contribution < 1.29 is 27.5 Å². The second-order valence-corrected chi connectivity index (χ2v) is 4.82. The fourth-order valence-corrected chi connectivity index (χ4v) is 2.08. The molecule has 0 aromatic heterocycles. The Balaban J connectivity index is 2.93. The van der Waals surface area contributed by atoms with Crippen LogP contribution in [0.25, 0.3) is 0 Å². The van der Waals surface area contributed by atoms with Gasteiger partial charge in [0, 0.05) is 12.6 Å². The van der Waals surface area contributed by atoms with Gasteiger partial charge in [-0.3, -0.25) is 9.69 Å². The predicted molar refractivity (Wildman–Crippen MR) is 69.2 cm³/mol. The number of benzene rings is 1. The lowest BCUT2D eigenvalue weighted by atomic mass is 10.1. The summed E-state index contributed by atoms with van der Waals surface area (Å²) in [5.74, 6) is -2.29. The summed E-state index contributed by atoms with van der Waals surface area (Å²) in [7, 11) is 0. The van der Waals surface area contributed by atoms with Gasteiger partial charge in [-0.05, 0) is 31.2 Å². The number of hydrogen-bond donors (Lipinski definition) is 1. The molecule has 0 aliphatic rings. The molecule has 21 heavy (non-hydrogen) atoms. The van der Waals surface area contributed by atoms with Crippen LogP contribution in [0.3, 0.4) is 0 Å². The van der Waals surface area contributed by atoms with Gasteiger partial charge in [-0.1, -0.05) is 13.0 Å². The molecule has 118 valence electrons. The van der Waals surface area contributed by atoms with Gasteiger partial charge in [-0.25, -0.2) is 4.39 Å². The van der Waals surface area contributed by atoms with E-state index in [4.69, 9.17) is 5.11 Å². The first-order valence-corrected chi connectivity index (χ1v) is 6.46. The van der Waals surface area contributed by atoms with Crippen molar-refractivity contribution in [3.8, 4) is 0 Å². The van der Waals surface area contributed by atoms with Crippen molar-refractivity contribution in [3.63, 3.8) is 0 Å². The lowest BCUT2D eigenvalue weighted by Crippen LogP contribution is -2.34. The van der Waals surface area contributed by atoms with E-state index in [2.05, 4.69) is 0 Å². The molecular weight excluding hydrogens is 290 g/mol. The number of carboxylic acid groups (broad SMARTS) is 1. The molecule has 1 rings (SSSR count). The van der Waals surface area contributed by atoms with Crippen LogP contribution in [-0.2, 0) is 17.5 Å². The van der Waals surface area contributed by atoms with Gasteiger partial charge in [-0.15, -0.1) is 0 Å².